The van der Waals surface area contributed by atoms with Crippen LogP contribution in [0, 0.1) is 5.92 Å². The Labute approximate surface area is 79.5 Å². The monoisotopic (exact) mass is 188 g/mol. The van der Waals surface area contributed by atoms with E-state index < -0.39 is 0 Å². The summed E-state index contributed by atoms with van der Waals surface area (Å²) in [6.45, 7) is 4.30. The molecule has 0 spiro atoms. The van der Waals surface area contributed by atoms with Crippen molar-refractivity contribution >= 4 is 5.91 Å². The molecule has 0 aromatic carbocycles. The van der Waals surface area contributed by atoms with Gasteiger partial charge in [0.1, 0.15) is 0 Å². The van der Waals surface area contributed by atoms with Gasteiger partial charge in [-0.2, -0.15) is 0 Å². The number of aliphatic hydroxyl groups excluding tert-OH is 1. The molecule has 2 atom stereocenters. The van der Waals surface area contributed by atoms with E-state index in [1.807, 2.05) is 6.92 Å². The van der Waals surface area contributed by atoms with E-state index in [0.717, 1.165) is 6.42 Å². The zero-order valence-electron chi connectivity index (χ0n) is 8.42. The predicted molar refractivity (Wildman–Crippen MR) is 52.1 cm³/mol. The number of hydrogen-bond donors (Lipinski definition) is 3. The van der Waals surface area contributed by atoms with E-state index in [9.17, 15) is 4.79 Å². The van der Waals surface area contributed by atoms with E-state index in [1.54, 1.807) is 6.92 Å². The molecule has 0 aliphatic heterocycles. The van der Waals surface area contributed by atoms with Crippen molar-refractivity contribution in [3.8, 4) is 0 Å². The first kappa shape index (κ1) is 12.4. The predicted octanol–water partition coefficient (Wildman–Crippen LogP) is -0.142. The Bertz CT molecular complexity index is 147. The van der Waals surface area contributed by atoms with E-state index in [4.69, 9.17) is 10.8 Å². The summed E-state index contributed by atoms with van der Waals surface area (Å²) in [6.07, 6.45) is 1.37. The van der Waals surface area contributed by atoms with E-state index in [2.05, 4.69) is 5.32 Å². The van der Waals surface area contributed by atoms with Gasteiger partial charge in [-0.05, 0) is 19.4 Å². The highest BCUT2D eigenvalue weighted by atomic mass is 16.3. The Morgan fingerprint density at radius 2 is 2.23 bits per heavy atom. The number of amides is 1. The Morgan fingerprint density at radius 3 is 2.62 bits per heavy atom. The van der Waals surface area contributed by atoms with Crippen LogP contribution in [0.15, 0.2) is 0 Å². The first-order valence-corrected chi connectivity index (χ1v) is 4.74. The van der Waals surface area contributed by atoms with Crippen LogP contribution in [0.25, 0.3) is 0 Å². The summed E-state index contributed by atoms with van der Waals surface area (Å²) in [5, 5.41) is 11.4. The first-order chi connectivity index (χ1) is 6.13. The second-order valence-corrected chi connectivity index (χ2v) is 3.37. The zero-order valence-corrected chi connectivity index (χ0v) is 8.42. The molecule has 13 heavy (non-hydrogen) atoms. The van der Waals surface area contributed by atoms with E-state index in [0.29, 0.717) is 13.0 Å². The molecule has 0 aromatic rings. The van der Waals surface area contributed by atoms with Gasteiger partial charge in [0.25, 0.3) is 0 Å². The lowest BCUT2D eigenvalue weighted by Gasteiger charge is -2.14. The Kier molecular flexibility index (Phi) is 6.54. The second-order valence-electron chi connectivity index (χ2n) is 3.37. The minimum absolute atomic E-state index is 0.0227. The third-order valence-corrected chi connectivity index (χ3v) is 2.07. The van der Waals surface area contributed by atoms with Crippen molar-refractivity contribution in [2.75, 3.05) is 13.2 Å². The van der Waals surface area contributed by atoms with Crippen molar-refractivity contribution < 1.29 is 9.90 Å². The molecule has 78 valence electrons. The summed E-state index contributed by atoms with van der Waals surface area (Å²) in [5.41, 5.74) is 5.47. The van der Waals surface area contributed by atoms with Crippen LogP contribution < -0.4 is 11.1 Å². The van der Waals surface area contributed by atoms with Crippen LogP contribution in [0.2, 0.25) is 0 Å². The molecule has 0 saturated carbocycles. The molecule has 4 nitrogen and oxygen atoms in total. The maximum atomic E-state index is 11.3. The van der Waals surface area contributed by atoms with E-state index >= 15 is 0 Å². The standard InChI is InChI=1S/C9H20N2O2/c1-3-8(5-10)4-9(13)11-7(2)6-12/h7-8,12H,3-6,10H2,1-2H3,(H,11,13)/t7-,8?/m1/s1. The number of rotatable bonds is 6. The number of nitrogens with two attached hydrogens (primary N) is 1. The Morgan fingerprint density at radius 1 is 1.62 bits per heavy atom. The molecule has 0 heterocycles. The van der Waals surface area contributed by atoms with Gasteiger partial charge in [-0.15, -0.1) is 0 Å². The average molecular weight is 188 g/mol. The van der Waals surface area contributed by atoms with Crippen LogP contribution >= 0.6 is 0 Å². The van der Waals surface area contributed by atoms with Gasteiger partial charge in [-0.1, -0.05) is 13.3 Å². The highest BCUT2D eigenvalue weighted by Gasteiger charge is 2.11. The van der Waals surface area contributed by atoms with Crippen LogP contribution in [0.3, 0.4) is 0 Å². The van der Waals surface area contributed by atoms with Gasteiger partial charge < -0.3 is 16.2 Å². The molecule has 0 rings (SSSR count). The smallest absolute Gasteiger partial charge is 0.220 e. The van der Waals surface area contributed by atoms with Crippen LogP contribution in [0.1, 0.15) is 26.7 Å². The van der Waals surface area contributed by atoms with Crippen LogP contribution in [-0.2, 0) is 4.79 Å². The van der Waals surface area contributed by atoms with Crippen LogP contribution in [-0.4, -0.2) is 30.2 Å². The zero-order chi connectivity index (χ0) is 10.3. The van der Waals surface area contributed by atoms with Crippen LogP contribution in [0.4, 0.5) is 0 Å². The Hall–Kier alpha value is -0.610. The average Bonchev–Trinajstić information content (AvgIpc) is 2.13. The molecular formula is C9H20N2O2. The van der Waals surface area contributed by atoms with Crippen molar-refractivity contribution in [1.82, 2.24) is 5.32 Å². The summed E-state index contributed by atoms with van der Waals surface area (Å²) < 4.78 is 0. The molecule has 0 fully saturated rings. The molecular weight excluding hydrogens is 168 g/mol. The van der Waals surface area contributed by atoms with Gasteiger partial charge in [-0.3, -0.25) is 4.79 Å². The maximum absolute atomic E-state index is 11.3. The lowest BCUT2D eigenvalue weighted by molar-refractivity contribution is -0.122. The number of nitrogens with one attached hydrogen (secondary N) is 1. The summed E-state index contributed by atoms with van der Waals surface area (Å²) >= 11 is 0. The molecule has 0 radical (unpaired) electrons. The van der Waals surface area contributed by atoms with Crippen molar-refractivity contribution in [2.24, 2.45) is 11.7 Å². The molecule has 1 unspecified atom stereocenters. The SMILES string of the molecule is CCC(CN)CC(=O)N[C@H](C)CO. The summed E-state index contributed by atoms with van der Waals surface area (Å²) in [7, 11) is 0. The van der Waals surface area contributed by atoms with E-state index in [1.165, 1.54) is 0 Å². The van der Waals surface area contributed by atoms with Gasteiger partial charge in [0.15, 0.2) is 0 Å². The fourth-order valence-corrected chi connectivity index (χ4v) is 1.04. The Balaban J connectivity index is 3.72. The van der Waals surface area contributed by atoms with Crippen LogP contribution in [0.5, 0.6) is 0 Å². The highest BCUT2D eigenvalue weighted by Crippen LogP contribution is 2.05. The van der Waals surface area contributed by atoms with E-state index in [-0.39, 0.29) is 24.5 Å². The van der Waals surface area contributed by atoms with Crippen molar-refractivity contribution in [1.29, 1.82) is 0 Å². The van der Waals surface area contributed by atoms with Crippen molar-refractivity contribution in [3.05, 3.63) is 0 Å². The van der Waals surface area contributed by atoms with Gasteiger partial charge in [-0.25, -0.2) is 0 Å². The van der Waals surface area contributed by atoms with Gasteiger partial charge in [0, 0.05) is 12.5 Å². The lowest BCUT2D eigenvalue weighted by Crippen LogP contribution is -2.36. The van der Waals surface area contributed by atoms with Crippen molar-refractivity contribution in [3.63, 3.8) is 0 Å². The number of hydrogen-bond acceptors (Lipinski definition) is 3. The number of carbonyl (C=O) groups excluding carboxylic acids is 1. The normalized spacial score (nSPS) is 15.1. The highest BCUT2D eigenvalue weighted by molar-refractivity contribution is 5.76. The third-order valence-electron chi connectivity index (χ3n) is 2.07. The van der Waals surface area contributed by atoms with Gasteiger partial charge >= 0.3 is 0 Å². The minimum atomic E-state index is -0.164. The lowest BCUT2D eigenvalue weighted by atomic mass is 10.0. The first-order valence-electron chi connectivity index (χ1n) is 4.74. The second kappa shape index (κ2) is 6.86. The molecule has 0 aliphatic carbocycles. The largest absolute Gasteiger partial charge is 0.394 e. The summed E-state index contributed by atoms with van der Waals surface area (Å²) in [6, 6.07) is -0.164. The maximum Gasteiger partial charge on any atom is 0.220 e. The summed E-state index contributed by atoms with van der Waals surface area (Å²) in [4.78, 5) is 11.3. The van der Waals surface area contributed by atoms with Crippen molar-refractivity contribution in [2.45, 2.75) is 32.7 Å². The quantitative estimate of drug-likeness (QED) is 0.543. The fourth-order valence-electron chi connectivity index (χ4n) is 1.04. The van der Waals surface area contributed by atoms with Gasteiger partial charge in [0.2, 0.25) is 5.91 Å². The molecule has 4 N–H and O–H groups in total. The number of aliphatic hydroxyl groups is 1. The minimum Gasteiger partial charge on any atom is -0.394 e. The summed E-state index contributed by atoms with van der Waals surface area (Å²) in [5.74, 6) is 0.227. The molecule has 1 amide bonds. The van der Waals surface area contributed by atoms with Gasteiger partial charge in [0.05, 0.1) is 6.61 Å². The molecule has 0 bridgehead atoms. The molecule has 0 aromatic heterocycles. The third kappa shape index (κ3) is 5.60. The molecule has 4 heteroatoms. The topological polar surface area (TPSA) is 75.4 Å². The molecule has 0 aliphatic rings. The fraction of sp³-hybridized carbons (Fsp3) is 0.889. The molecule has 0 saturated heterocycles. The number of carbonyl (C=O) groups is 1.